The van der Waals surface area contributed by atoms with E-state index in [1.165, 1.54) is 9.88 Å². The maximum Gasteiger partial charge on any atom is 0.0916 e. The lowest BCUT2D eigenvalue weighted by molar-refractivity contribution is 0.123. The summed E-state index contributed by atoms with van der Waals surface area (Å²) in [6.07, 6.45) is 1.92. The molecule has 5 heteroatoms. The van der Waals surface area contributed by atoms with Gasteiger partial charge in [0.15, 0.2) is 0 Å². The summed E-state index contributed by atoms with van der Waals surface area (Å²) < 4.78 is 5.39. The van der Waals surface area contributed by atoms with E-state index in [0.717, 1.165) is 32.0 Å². The molecular formula is C16H19N3OS. The molecule has 1 aliphatic rings. The fourth-order valence-electron chi connectivity index (χ4n) is 2.22. The van der Waals surface area contributed by atoms with Crippen LogP contribution < -0.4 is 9.91 Å². The molecule has 0 aliphatic carbocycles. The molecular weight excluding hydrogens is 282 g/mol. The van der Waals surface area contributed by atoms with Crippen LogP contribution in [0.25, 0.3) is 0 Å². The van der Waals surface area contributed by atoms with Crippen LogP contribution in [-0.4, -0.2) is 39.6 Å². The number of thiophene rings is 1. The van der Waals surface area contributed by atoms with Gasteiger partial charge in [-0.1, -0.05) is 18.2 Å². The van der Waals surface area contributed by atoms with E-state index >= 15 is 0 Å². The van der Waals surface area contributed by atoms with Crippen LogP contribution in [0.2, 0.25) is 0 Å². The average Bonchev–Trinajstić information content (AvgIpc) is 3.03. The van der Waals surface area contributed by atoms with Crippen molar-refractivity contribution in [2.45, 2.75) is 0 Å². The molecule has 0 unspecified atom stereocenters. The predicted octanol–water partition coefficient (Wildman–Crippen LogP) is 3.06. The summed E-state index contributed by atoms with van der Waals surface area (Å²) >= 11 is 1.77. The third-order valence-electron chi connectivity index (χ3n) is 3.42. The summed E-state index contributed by atoms with van der Waals surface area (Å²) in [4.78, 5) is 3.53. The predicted molar refractivity (Wildman–Crippen MR) is 89.8 cm³/mol. The van der Waals surface area contributed by atoms with Crippen LogP contribution in [0, 0.1) is 0 Å². The van der Waals surface area contributed by atoms with Gasteiger partial charge in [-0.25, -0.2) is 0 Å². The number of nitrogens with zero attached hydrogens (tertiary/aromatic N) is 3. The highest BCUT2D eigenvalue weighted by Gasteiger charge is 2.12. The van der Waals surface area contributed by atoms with E-state index in [1.807, 2.05) is 48.6 Å². The molecule has 3 rings (SSSR count). The minimum absolute atomic E-state index is 0.818. The highest BCUT2D eigenvalue weighted by molar-refractivity contribution is 7.17. The number of para-hydroxylation sites is 1. The molecule has 0 radical (unpaired) electrons. The van der Waals surface area contributed by atoms with Gasteiger partial charge in [0.25, 0.3) is 0 Å². The van der Waals surface area contributed by atoms with Gasteiger partial charge in [0, 0.05) is 25.0 Å². The Morgan fingerprint density at radius 1 is 1.14 bits per heavy atom. The Balaban J connectivity index is 1.65. The summed E-state index contributed by atoms with van der Waals surface area (Å²) in [5.74, 6) is 0. The number of anilines is 2. The number of rotatable bonds is 4. The van der Waals surface area contributed by atoms with Crippen molar-refractivity contribution in [1.29, 1.82) is 0 Å². The van der Waals surface area contributed by atoms with Gasteiger partial charge < -0.3 is 9.64 Å². The first-order chi connectivity index (χ1) is 10.3. The van der Waals surface area contributed by atoms with Crippen LogP contribution in [0.15, 0.2) is 47.6 Å². The number of hydrazone groups is 1. The number of benzene rings is 1. The molecule has 0 saturated carbocycles. The Hall–Kier alpha value is -1.85. The number of hydrogen-bond donors (Lipinski definition) is 0. The van der Waals surface area contributed by atoms with Gasteiger partial charge in [-0.15, -0.1) is 11.3 Å². The summed E-state index contributed by atoms with van der Waals surface area (Å²) in [5.41, 5.74) is 1.08. The Bertz CT molecular complexity index is 591. The van der Waals surface area contributed by atoms with Crippen LogP contribution in [-0.2, 0) is 4.74 Å². The monoisotopic (exact) mass is 301 g/mol. The van der Waals surface area contributed by atoms with Gasteiger partial charge in [-0.05, 0) is 24.3 Å². The molecule has 1 saturated heterocycles. The maximum atomic E-state index is 5.39. The largest absolute Gasteiger partial charge is 0.378 e. The SMILES string of the molecule is CN(/N=C\c1ccc(N2CCOCC2)s1)c1ccccc1. The first-order valence-electron chi connectivity index (χ1n) is 7.08. The maximum absolute atomic E-state index is 5.39. The van der Waals surface area contributed by atoms with E-state index in [9.17, 15) is 0 Å². The van der Waals surface area contributed by atoms with Crippen molar-refractivity contribution in [2.24, 2.45) is 5.10 Å². The standard InChI is InChI=1S/C16H19N3OS/c1-18(14-5-3-2-4-6-14)17-13-15-7-8-16(21-15)19-9-11-20-12-10-19/h2-8,13H,9-12H2,1H3/b17-13-. The van der Waals surface area contributed by atoms with E-state index in [1.54, 1.807) is 11.3 Å². The summed E-state index contributed by atoms with van der Waals surface area (Å²) in [7, 11) is 1.96. The molecule has 0 atom stereocenters. The Kier molecular flexibility index (Phi) is 4.52. The third-order valence-corrected chi connectivity index (χ3v) is 4.50. The molecule has 0 amide bonds. The topological polar surface area (TPSA) is 28.1 Å². The molecule has 110 valence electrons. The second-order valence-corrected chi connectivity index (χ2v) is 5.97. The first-order valence-corrected chi connectivity index (χ1v) is 7.90. The van der Waals surface area contributed by atoms with E-state index in [-0.39, 0.29) is 0 Å². The van der Waals surface area contributed by atoms with Gasteiger partial charge in [0.05, 0.1) is 30.1 Å². The fourth-order valence-corrected chi connectivity index (χ4v) is 3.14. The molecule has 0 N–H and O–H groups in total. The van der Waals surface area contributed by atoms with Crippen LogP contribution in [0.5, 0.6) is 0 Å². The molecule has 1 aromatic carbocycles. The second kappa shape index (κ2) is 6.74. The summed E-state index contributed by atoms with van der Waals surface area (Å²) in [6.45, 7) is 3.58. The van der Waals surface area contributed by atoms with Crippen LogP contribution >= 0.6 is 11.3 Å². The average molecular weight is 301 g/mol. The molecule has 0 spiro atoms. The summed E-state index contributed by atoms with van der Waals surface area (Å²) in [6, 6.07) is 14.4. The molecule has 1 aromatic heterocycles. The number of ether oxygens (including phenoxy) is 1. The summed E-state index contributed by atoms with van der Waals surface area (Å²) in [5, 5.41) is 7.68. The van der Waals surface area contributed by atoms with Gasteiger partial charge in [-0.2, -0.15) is 5.10 Å². The molecule has 21 heavy (non-hydrogen) atoms. The van der Waals surface area contributed by atoms with Gasteiger partial charge in [-0.3, -0.25) is 5.01 Å². The lowest BCUT2D eigenvalue weighted by Gasteiger charge is -2.27. The number of hydrogen-bond acceptors (Lipinski definition) is 5. The van der Waals surface area contributed by atoms with Crippen LogP contribution in [0.3, 0.4) is 0 Å². The Morgan fingerprint density at radius 2 is 1.90 bits per heavy atom. The van der Waals surface area contributed by atoms with Gasteiger partial charge in [0.2, 0.25) is 0 Å². The van der Waals surface area contributed by atoms with Crippen molar-refractivity contribution in [3.05, 3.63) is 47.3 Å². The first kappa shape index (κ1) is 14.1. The highest BCUT2D eigenvalue weighted by atomic mass is 32.1. The van der Waals surface area contributed by atoms with Gasteiger partial charge >= 0.3 is 0 Å². The smallest absolute Gasteiger partial charge is 0.0916 e. The van der Waals surface area contributed by atoms with Crippen LogP contribution in [0.4, 0.5) is 10.7 Å². The molecule has 2 heterocycles. The van der Waals surface area contributed by atoms with Crippen molar-refractivity contribution in [2.75, 3.05) is 43.3 Å². The fraction of sp³-hybridized carbons (Fsp3) is 0.312. The third kappa shape index (κ3) is 3.62. The Morgan fingerprint density at radius 3 is 2.67 bits per heavy atom. The molecule has 1 aliphatic heterocycles. The van der Waals surface area contributed by atoms with Crippen molar-refractivity contribution >= 4 is 28.2 Å². The normalized spacial score (nSPS) is 15.6. The van der Waals surface area contributed by atoms with Crippen LogP contribution in [0.1, 0.15) is 4.88 Å². The van der Waals surface area contributed by atoms with Crippen molar-refractivity contribution in [1.82, 2.24) is 0 Å². The quantitative estimate of drug-likeness (QED) is 0.642. The molecule has 2 aromatic rings. The zero-order valence-corrected chi connectivity index (χ0v) is 12.9. The van der Waals surface area contributed by atoms with Crippen molar-refractivity contribution in [3.8, 4) is 0 Å². The zero-order valence-electron chi connectivity index (χ0n) is 12.1. The van der Waals surface area contributed by atoms with Gasteiger partial charge in [0.1, 0.15) is 0 Å². The van der Waals surface area contributed by atoms with Crippen molar-refractivity contribution < 1.29 is 4.74 Å². The lowest BCUT2D eigenvalue weighted by Crippen LogP contribution is -2.35. The minimum atomic E-state index is 0.818. The number of morpholine rings is 1. The Labute approximate surface area is 129 Å². The van der Waals surface area contributed by atoms with E-state index in [4.69, 9.17) is 4.74 Å². The zero-order chi connectivity index (χ0) is 14.5. The minimum Gasteiger partial charge on any atom is -0.378 e. The lowest BCUT2D eigenvalue weighted by atomic mass is 10.3. The molecule has 0 bridgehead atoms. The highest BCUT2D eigenvalue weighted by Crippen LogP contribution is 2.25. The van der Waals surface area contributed by atoms with E-state index < -0.39 is 0 Å². The van der Waals surface area contributed by atoms with Crippen molar-refractivity contribution in [3.63, 3.8) is 0 Å². The second-order valence-electron chi connectivity index (χ2n) is 4.88. The van der Waals surface area contributed by atoms with E-state index in [2.05, 4.69) is 22.1 Å². The van der Waals surface area contributed by atoms with E-state index in [0.29, 0.717) is 0 Å². The molecule has 4 nitrogen and oxygen atoms in total. The molecule has 1 fully saturated rings.